The molecule has 0 amide bonds. The van der Waals surface area contributed by atoms with Gasteiger partial charge < -0.3 is 10.6 Å². The average molecular weight is 221 g/mol. The van der Waals surface area contributed by atoms with Gasteiger partial charge in [0.1, 0.15) is 0 Å². The Balaban J connectivity index is 1.82. The van der Waals surface area contributed by atoms with Crippen molar-refractivity contribution in [3.63, 3.8) is 0 Å². The van der Waals surface area contributed by atoms with Gasteiger partial charge in [-0.15, -0.1) is 0 Å². The fourth-order valence-electron chi connectivity index (χ4n) is 3.73. The predicted octanol–water partition coefficient (Wildman–Crippen LogP) is 1.98. The smallest absolute Gasteiger partial charge is 0.191 e. The highest BCUT2D eigenvalue weighted by Gasteiger charge is 2.50. The zero-order valence-electron chi connectivity index (χ0n) is 10.3. The van der Waals surface area contributed by atoms with E-state index >= 15 is 0 Å². The normalized spacial score (nSPS) is 38.4. The van der Waals surface area contributed by atoms with Crippen LogP contribution in [0.2, 0.25) is 0 Å². The van der Waals surface area contributed by atoms with E-state index in [1.165, 1.54) is 45.1 Å². The van der Waals surface area contributed by atoms with E-state index < -0.39 is 0 Å². The molecule has 3 rings (SSSR count). The van der Waals surface area contributed by atoms with E-state index in [-0.39, 0.29) is 0 Å². The molecule has 2 N–H and O–H groups in total. The van der Waals surface area contributed by atoms with Crippen LogP contribution in [-0.4, -0.2) is 29.5 Å². The second kappa shape index (κ2) is 3.64. The van der Waals surface area contributed by atoms with E-state index in [1.54, 1.807) is 0 Å². The van der Waals surface area contributed by atoms with Crippen LogP contribution in [0.3, 0.4) is 0 Å². The molecule has 0 aromatic carbocycles. The summed E-state index contributed by atoms with van der Waals surface area (Å²) < 4.78 is 0. The average Bonchev–Trinajstić information content (AvgIpc) is 2.94. The van der Waals surface area contributed by atoms with E-state index in [9.17, 15) is 0 Å². The molecule has 16 heavy (non-hydrogen) atoms. The third-order valence-corrected chi connectivity index (χ3v) is 4.88. The lowest BCUT2D eigenvalue weighted by Crippen LogP contribution is -2.54. The van der Waals surface area contributed by atoms with Gasteiger partial charge in [0, 0.05) is 6.54 Å². The summed E-state index contributed by atoms with van der Waals surface area (Å²) in [4.78, 5) is 7.03. The van der Waals surface area contributed by atoms with E-state index in [4.69, 9.17) is 5.73 Å². The SMILES string of the molecule is CCC1CCCC12CN=C(N)N2CC1CC1. The van der Waals surface area contributed by atoms with Crippen molar-refractivity contribution in [3.8, 4) is 0 Å². The number of hydrogen-bond donors (Lipinski definition) is 1. The Bertz CT molecular complexity index is 308. The van der Waals surface area contributed by atoms with Gasteiger partial charge in [-0.2, -0.15) is 0 Å². The van der Waals surface area contributed by atoms with Crippen molar-refractivity contribution in [2.24, 2.45) is 22.6 Å². The Labute approximate surface area is 98.1 Å². The summed E-state index contributed by atoms with van der Waals surface area (Å²) in [6.07, 6.45) is 8.13. The van der Waals surface area contributed by atoms with Crippen molar-refractivity contribution < 1.29 is 0 Å². The number of rotatable bonds is 3. The van der Waals surface area contributed by atoms with Gasteiger partial charge in [0.2, 0.25) is 0 Å². The third kappa shape index (κ3) is 1.44. The van der Waals surface area contributed by atoms with E-state index in [0.717, 1.165) is 24.3 Å². The molecular weight excluding hydrogens is 198 g/mol. The highest BCUT2D eigenvalue weighted by molar-refractivity contribution is 5.81. The lowest BCUT2D eigenvalue weighted by Gasteiger charge is -2.41. The molecule has 3 nitrogen and oxygen atoms in total. The highest BCUT2D eigenvalue weighted by Crippen LogP contribution is 2.46. The Morgan fingerprint density at radius 2 is 2.25 bits per heavy atom. The van der Waals surface area contributed by atoms with E-state index in [1.807, 2.05) is 0 Å². The van der Waals surface area contributed by atoms with Crippen LogP contribution in [0, 0.1) is 11.8 Å². The summed E-state index contributed by atoms with van der Waals surface area (Å²) >= 11 is 0. The molecule has 3 heteroatoms. The van der Waals surface area contributed by atoms with Crippen molar-refractivity contribution in [1.29, 1.82) is 0 Å². The topological polar surface area (TPSA) is 41.6 Å². The molecule has 2 fully saturated rings. The third-order valence-electron chi connectivity index (χ3n) is 4.88. The molecule has 2 aliphatic carbocycles. The maximum Gasteiger partial charge on any atom is 0.191 e. The first-order valence-electron chi connectivity index (χ1n) is 6.84. The summed E-state index contributed by atoms with van der Waals surface area (Å²) in [5, 5.41) is 0. The van der Waals surface area contributed by atoms with Gasteiger partial charge in [-0.05, 0) is 37.5 Å². The van der Waals surface area contributed by atoms with Crippen LogP contribution in [-0.2, 0) is 0 Å². The van der Waals surface area contributed by atoms with Gasteiger partial charge in [-0.1, -0.05) is 19.8 Å². The van der Waals surface area contributed by atoms with E-state index in [2.05, 4.69) is 16.8 Å². The molecule has 3 aliphatic rings. The minimum atomic E-state index is 0.321. The van der Waals surface area contributed by atoms with Gasteiger partial charge >= 0.3 is 0 Å². The van der Waals surface area contributed by atoms with Crippen LogP contribution in [0.15, 0.2) is 4.99 Å². The molecule has 0 aromatic rings. The van der Waals surface area contributed by atoms with Crippen LogP contribution in [0.1, 0.15) is 45.4 Å². The van der Waals surface area contributed by atoms with E-state index in [0.29, 0.717) is 5.54 Å². The number of guanidine groups is 1. The van der Waals surface area contributed by atoms with Gasteiger partial charge in [0.05, 0.1) is 12.1 Å². The lowest BCUT2D eigenvalue weighted by atomic mass is 9.84. The van der Waals surface area contributed by atoms with Crippen molar-refractivity contribution >= 4 is 5.96 Å². The summed E-state index contributed by atoms with van der Waals surface area (Å²) in [5.74, 6) is 2.55. The maximum atomic E-state index is 6.10. The Kier molecular flexibility index (Phi) is 2.37. The lowest BCUT2D eigenvalue weighted by molar-refractivity contribution is 0.138. The first-order valence-corrected chi connectivity index (χ1v) is 6.84. The van der Waals surface area contributed by atoms with Gasteiger partial charge in [0.15, 0.2) is 5.96 Å². The van der Waals surface area contributed by atoms with Crippen LogP contribution in [0.4, 0.5) is 0 Å². The summed E-state index contributed by atoms with van der Waals surface area (Å²) in [6, 6.07) is 0. The molecule has 0 bridgehead atoms. The standard InChI is InChI=1S/C13H23N3/c1-2-11-4-3-7-13(11)9-15-12(14)16(13)8-10-5-6-10/h10-11H,2-9H2,1H3,(H2,14,15). The second-order valence-electron chi connectivity index (χ2n) is 5.83. The quantitative estimate of drug-likeness (QED) is 0.791. The first kappa shape index (κ1) is 10.4. The molecule has 1 aliphatic heterocycles. The Morgan fingerprint density at radius 3 is 2.94 bits per heavy atom. The summed E-state index contributed by atoms with van der Waals surface area (Å²) in [5.41, 5.74) is 6.42. The zero-order chi connectivity index (χ0) is 11.2. The van der Waals surface area contributed by atoms with Gasteiger partial charge in [-0.3, -0.25) is 4.99 Å². The molecule has 2 saturated carbocycles. The molecule has 90 valence electrons. The second-order valence-corrected chi connectivity index (χ2v) is 5.83. The monoisotopic (exact) mass is 221 g/mol. The maximum absolute atomic E-state index is 6.10. The highest BCUT2D eigenvalue weighted by atomic mass is 15.4. The fourth-order valence-corrected chi connectivity index (χ4v) is 3.73. The minimum Gasteiger partial charge on any atom is -0.370 e. The van der Waals surface area contributed by atoms with Crippen molar-refractivity contribution in [2.45, 2.75) is 51.0 Å². The molecule has 1 spiro atoms. The molecule has 0 saturated heterocycles. The Morgan fingerprint density at radius 1 is 1.44 bits per heavy atom. The van der Waals surface area contributed by atoms with Crippen molar-refractivity contribution in [2.75, 3.05) is 13.1 Å². The van der Waals surface area contributed by atoms with Gasteiger partial charge in [0.25, 0.3) is 0 Å². The summed E-state index contributed by atoms with van der Waals surface area (Å²) in [6.45, 7) is 4.46. The summed E-state index contributed by atoms with van der Waals surface area (Å²) in [7, 11) is 0. The molecule has 0 radical (unpaired) electrons. The number of nitrogens with two attached hydrogens (primary N) is 1. The molecule has 1 heterocycles. The fraction of sp³-hybridized carbons (Fsp3) is 0.923. The minimum absolute atomic E-state index is 0.321. The predicted molar refractivity (Wildman–Crippen MR) is 66.3 cm³/mol. The molecule has 2 atom stereocenters. The number of aliphatic imine (C=N–C) groups is 1. The zero-order valence-corrected chi connectivity index (χ0v) is 10.3. The number of hydrogen-bond acceptors (Lipinski definition) is 3. The van der Waals surface area contributed by atoms with Gasteiger partial charge in [-0.25, -0.2) is 0 Å². The van der Waals surface area contributed by atoms with Crippen LogP contribution in [0.25, 0.3) is 0 Å². The first-order chi connectivity index (χ1) is 7.76. The van der Waals surface area contributed by atoms with Crippen molar-refractivity contribution in [3.05, 3.63) is 0 Å². The van der Waals surface area contributed by atoms with Crippen LogP contribution in [0.5, 0.6) is 0 Å². The molecule has 2 unspecified atom stereocenters. The molecular formula is C13H23N3. The largest absolute Gasteiger partial charge is 0.370 e. The Hall–Kier alpha value is -0.730. The van der Waals surface area contributed by atoms with Crippen LogP contribution < -0.4 is 5.73 Å². The number of nitrogens with zero attached hydrogens (tertiary/aromatic N) is 2. The van der Waals surface area contributed by atoms with Crippen molar-refractivity contribution in [1.82, 2.24) is 4.90 Å². The molecule has 0 aromatic heterocycles. The van der Waals surface area contributed by atoms with Crippen LogP contribution >= 0.6 is 0 Å².